The van der Waals surface area contributed by atoms with Crippen molar-refractivity contribution in [3.05, 3.63) is 12.2 Å². The smallest absolute Gasteiger partial charge is 0.330 e. The Balaban J connectivity index is 3.81. The number of hydrogen-bond donors (Lipinski definition) is 1. The Kier molecular flexibility index (Phi) is 9.83. The highest BCUT2D eigenvalue weighted by Crippen LogP contribution is 2.06. The molecule has 0 fully saturated rings. The third-order valence-corrected chi connectivity index (χ3v) is 2.91. The number of carboxylic acids is 1. The summed E-state index contributed by atoms with van der Waals surface area (Å²) in [5.41, 5.74) is 0.330. The molecule has 0 unspecified atom stereocenters. The van der Waals surface area contributed by atoms with Crippen molar-refractivity contribution in [1.29, 1.82) is 0 Å². The summed E-state index contributed by atoms with van der Waals surface area (Å²) >= 11 is 0. The molecule has 3 heteroatoms. The molecule has 1 N–H and O–H groups in total. The van der Waals surface area contributed by atoms with Gasteiger partial charge in [-0.3, -0.25) is 0 Å². The Labute approximate surface area is 106 Å². The highest BCUT2D eigenvalue weighted by Gasteiger charge is 2.06. The molecule has 0 radical (unpaired) electrons. The number of hydrogen-bond acceptors (Lipinski definition) is 2. The largest absolute Gasteiger partial charge is 0.478 e. The molecule has 0 aromatic heterocycles. The lowest BCUT2D eigenvalue weighted by Crippen LogP contribution is -2.27. The van der Waals surface area contributed by atoms with Gasteiger partial charge in [0.15, 0.2) is 0 Å². The van der Waals surface area contributed by atoms with Crippen LogP contribution in [-0.2, 0) is 4.79 Å². The highest BCUT2D eigenvalue weighted by atomic mass is 16.4. The zero-order valence-electron chi connectivity index (χ0n) is 11.4. The molecule has 0 aliphatic rings. The van der Waals surface area contributed by atoms with Crippen molar-refractivity contribution < 1.29 is 9.90 Å². The fraction of sp³-hybridized carbons (Fsp3) is 0.786. The number of carboxylic acid groups (broad SMARTS) is 1. The standard InChI is InChI=1S/C14H27NO2/c1-4-6-10-15(11-7-5-2)12-8-9-13(3)14(16)17/h3-12H2,1-2H3,(H,16,17). The van der Waals surface area contributed by atoms with E-state index in [-0.39, 0.29) is 0 Å². The van der Waals surface area contributed by atoms with Gasteiger partial charge in [-0.15, -0.1) is 0 Å². The average Bonchev–Trinajstić information content (AvgIpc) is 2.31. The van der Waals surface area contributed by atoms with Crippen LogP contribution in [0.4, 0.5) is 0 Å². The SMILES string of the molecule is C=C(CCCN(CCCC)CCCC)C(=O)O. The van der Waals surface area contributed by atoms with Gasteiger partial charge in [-0.1, -0.05) is 33.3 Å². The molecule has 0 aliphatic carbocycles. The first-order valence-electron chi connectivity index (χ1n) is 6.75. The number of unbranched alkanes of at least 4 members (excludes halogenated alkanes) is 2. The molecule has 0 bridgehead atoms. The van der Waals surface area contributed by atoms with Gasteiger partial charge in [0, 0.05) is 5.57 Å². The minimum Gasteiger partial charge on any atom is -0.478 e. The van der Waals surface area contributed by atoms with Gasteiger partial charge in [-0.2, -0.15) is 0 Å². The van der Waals surface area contributed by atoms with E-state index in [9.17, 15) is 4.79 Å². The van der Waals surface area contributed by atoms with Crippen LogP contribution in [0.1, 0.15) is 52.4 Å². The van der Waals surface area contributed by atoms with Gasteiger partial charge in [0.2, 0.25) is 0 Å². The quantitative estimate of drug-likeness (QED) is 0.564. The summed E-state index contributed by atoms with van der Waals surface area (Å²) in [5, 5.41) is 8.72. The van der Waals surface area contributed by atoms with Gasteiger partial charge in [-0.05, 0) is 45.3 Å². The minimum absolute atomic E-state index is 0.330. The second-order valence-corrected chi connectivity index (χ2v) is 4.56. The number of carbonyl (C=O) groups is 1. The lowest BCUT2D eigenvalue weighted by Gasteiger charge is -2.21. The van der Waals surface area contributed by atoms with E-state index in [4.69, 9.17) is 5.11 Å². The highest BCUT2D eigenvalue weighted by molar-refractivity contribution is 5.85. The van der Waals surface area contributed by atoms with E-state index in [1.54, 1.807) is 0 Å². The van der Waals surface area contributed by atoms with Crippen molar-refractivity contribution in [3.8, 4) is 0 Å². The maximum absolute atomic E-state index is 10.6. The lowest BCUT2D eigenvalue weighted by atomic mass is 10.1. The van der Waals surface area contributed by atoms with Gasteiger partial charge in [0.25, 0.3) is 0 Å². The van der Waals surface area contributed by atoms with Crippen molar-refractivity contribution in [2.45, 2.75) is 52.4 Å². The summed E-state index contributed by atoms with van der Waals surface area (Å²) < 4.78 is 0. The number of nitrogens with zero attached hydrogens (tertiary/aromatic N) is 1. The van der Waals surface area contributed by atoms with Crippen LogP contribution in [0.2, 0.25) is 0 Å². The molecule has 0 spiro atoms. The molecule has 0 saturated carbocycles. The molecular formula is C14H27NO2. The Bertz CT molecular complexity index is 218. The monoisotopic (exact) mass is 241 g/mol. The van der Waals surface area contributed by atoms with Crippen molar-refractivity contribution in [2.75, 3.05) is 19.6 Å². The predicted octanol–water partition coefficient (Wildman–Crippen LogP) is 3.31. The van der Waals surface area contributed by atoms with E-state index in [0.717, 1.165) is 26.1 Å². The Morgan fingerprint density at radius 1 is 1.06 bits per heavy atom. The Hall–Kier alpha value is -0.830. The maximum atomic E-state index is 10.6. The molecule has 100 valence electrons. The summed E-state index contributed by atoms with van der Waals surface area (Å²) in [6.45, 7) is 11.2. The molecule has 0 heterocycles. The van der Waals surface area contributed by atoms with Gasteiger partial charge < -0.3 is 10.0 Å². The van der Waals surface area contributed by atoms with Crippen LogP contribution in [0.15, 0.2) is 12.2 Å². The van der Waals surface area contributed by atoms with Gasteiger partial charge in [0.05, 0.1) is 0 Å². The van der Waals surface area contributed by atoms with Crippen molar-refractivity contribution in [3.63, 3.8) is 0 Å². The second-order valence-electron chi connectivity index (χ2n) is 4.56. The predicted molar refractivity (Wildman–Crippen MR) is 72.3 cm³/mol. The molecule has 3 nitrogen and oxygen atoms in total. The molecule has 0 rings (SSSR count). The van der Waals surface area contributed by atoms with Crippen LogP contribution < -0.4 is 0 Å². The van der Waals surface area contributed by atoms with E-state index in [0.29, 0.717) is 12.0 Å². The van der Waals surface area contributed by atoms with Crippen molar-refractivity contribution in [2.24, 2.45) is 0 Å². The summed E-state index contributed by atoms with van der Waals surface area (Å²) in [4.78, 5) is 13.1. The molecule has 0 amide bonds. The van der Waals surface area contributed by atoms with E-state index in [1.165, 1.54) is 25.7 Å². The summed E-state index contributed by atoms with van der Waals surface area (Å²) in [7, 11) is 0. The number of rotatable bonds is 11. The van der Waals surface area contributed by atoms with E-state index < -0.39 is 5.97 Å². The summed E-state index contributed by atoms with van der Waals surface area (Å²) in [6.07, 6.45) is 6.38. The molecular weight excluding hydrogens is 214 g/mol. The lowest BCUT2D eigenvalue weighted by molar-refractivity contribution is -0.132. The first-order valence-corrected chi connectivity index (χ1v) is 6.75. The third kappa shape index (κ3) is 8.93. The molecule has 0 saturated heterocycles. The van der Waals surface area contributed by atoms with Gasteiger partial charge >= 0.3 is 5.97 Å². The van der Waals surface area contributed by atoms with Crippen LogP contribution in [0.25, 0.3) is 0 Å². The third-order valence-electron chi connectivity index (χ3n) is 2.91. The topological polar surface area (TPSA) is 40.5 Å². The fourth-order valence-electron chi connectivity index (χ4n) is 1.72. The zero-order valence-corrected chi connectivity index (χ0v) is 11.4. The maximum Gasteiger partial charge on any atom is 0.330 e. The minimum atomic E-state index is -0.862. The first-order chi connectivity index (χ1) is 8.11. The van der Waals surface area contributed by atoms with Crippen LogP contribution in [0, 0.1) is 0 Å². The van der Waals surface area contributed by atoms with Crippen LogP contribution in [0.5, 0.6) is 0 Å². The molecule has 0 aromatic carbocycles. The van der Waals surface area contributed by atoms with Crippen molar-refractivity contribution >= 4 is 5.97 Å². The van der Waals surface area contributed by atoms with E-state index in [2.05, 4.69) is 25.3 Å². The fourth-order valence-corrected chi connectivity index (χ4v) is 1.72. The first kappa shape index (κ1) is 16.2. The molecule has 17 heavy (non-hydrogen) atoms. The number of aliphatic carboxylic acids is 1. The normalized spacial score (nSPS) is 10.8. The zero-order chi connectivity index (χ0) is 13.1. The van der Waals surface area contributed by atoms with E-state index in [1.807, 2.05) is 0 Å². The molecule has 0 atom stereocenters. The molecule has 0 aromatic rings. The summed E-state index contributed by atoms with van der Waals surface area (Å²) in [6, 6.07) is 0. The van der Waals surface area contributed by atoms with Gasteiger partial charge in [-0.25, -0.2) is 4.79 Å². The second kappa shape index (κ2) is 10.3. The van der Waals surface area contributed by atoms with Crippen LogP contribution >= 0.6 is 0 Å². The van der Waals surface area contributed by atoms with E-state index >= 15 is 0 Å². The van der Waals surface area contributed by atoms with Gasteiger partial charge in [0.1, 0.15) is 0 Å². The molecule has 0 aliphatic heterocycles. The van der Waals surface area contributed by atoms with Crippen molar-refractivity contribution in [1.82, 2.24) is 4.90 Å². The Morgan fingerprint density at radius 2 is 1.53 bits per heavy atom. The average molecular weight is 241 g/mol. The summed E-state index contributed by atoms with van der Waals surface area (Å²) in [5.74, 6) is -0.862. The van der Waals surface area contributed by atoms with Crippen LogP contribution in [-0.4, -0.2) is 35.6 Å². The Morgan fingerprint density at radius 3 is 1.94 bits per heavy atom. The van der Waals surface area contributed by atoms with Crippen LogP contribution in [0.3, 0.4) is 0 Å².